The van der Waals surface area contributed by atoms with E-state index in [1.165, 1.54) is 19.4 Å². The number of fused-ring (bicyclic) bond motifs is 1. The summed E-state index contributed by atoms with van der Waals surface area (Å²) in [5.41, 5.74) is 2.55. The first-order valence-corrected chi connectivity index (χ1v) is 10.7. The highest BCUT2D eigenvalue weighted by Crippen LogP contribution is 2.19. The van der Waals surface area contributed by atoms with Crippen LogP contribution in [0.4, 0.5) is 0 Å². The van der Waals surface area contributed by atoms with Crippen LogP contribution in [0.3, 0.4) is 0 Å². The van der Waals surface area contributed by atoms with Gasteiger partial charge < -0.3 is 4.42 Å². The van der Waals surface area contributed by atoms with E-state index in [0.717, 1.165) is 5.69 Å². The largest absolute Gasteiger partial charge is 0.419 e. The van der Waals surface area contributed by atoms with Gasteiger partial charge in [-0.1, -0.05) is 30.3 Å². The van der Waals surface area contributed by atoms with Crippen LogP contribution in [0, 0.1) is 6.92 Å². The Bertz CT molecular complexity index is 1390. The summed E-state index contributed by atoms with van der Waals surface area (Å²) in [6, 6.07) is 16.4. The Balaban J connectivity index is 1.32. The molecule has 1 aliphatic heterocycles. The van der Waals surface area contributed by atoms with Crippen molar-refractivity contribution in [2.24, 2.45) is 0 Å². The molecule has 1 saturated heterocycles. The molecule has 0 N–H and O–H groups in total. The number of carbonyl (C=O) groups excluding carboxylic acids is 2. The molecule has 33 heavy (non-hydrogen) atoms. The second kappa shape index (κ2) is 8.38. The minimum Gasteiger partial charge on any atom is -0.408 e. The third kappa shape index (κ3) is 3.79. The highest BCUT2D eigenvalue weighted by atomic mass is 16.4. The molecule has 0 bridgehead atoms. The number of hydrazine groups is 1. The molecule has 1 aliphatic rings. The Kier molecular flexibility index (Phi) is 5.25. The summed E-state index contributed by atoms with van der Waals surface area (Å²) in [5, 5.41) is 11.6. The van der Waals surface area contributed by atoms with Gasteiger partial charge >= 0.3 is 5.76 Å². The van der Waals surface area contributed by atoms with Gasteiger partial charge in [-0.15, -0.1) is 5.10 Å². The first-order chi connectivity index (χ1) is 16.0. The lowest BCUT2D eigenvalue weighted by Crippen LogP contribution is -2.45. The Morgan fingerprint density at radius 3 is 2.52 bits per heavy atom. The van der Waals surface area contributed by atoms with Gasteiger partial charge in [0.2, 0.25) is 5.91 Å². The zero-order chi connectivity index (χ0) is 22.9. The molecule has 5 rings (SSSR count). The van der Waals surface area contributed by atoms with Crippen molar-refractivity contribution < 1.29 is 14.0 Å². The number of carbonyl (C=O) groups is 2. The van der Waals surface area contributed by atoms with Crippen LogP contribution in [0.1, 0.15) is 29.0 Å². The number of hydrogen-bond acceptors (Lipinski definition) is 6. The lowest BCUT2D eigenvalue weighted by Gasteiger charge is -2.27. The van der Waals surface area contributed by atoms with Crippen molar-refractivity contribution in [1.82, 2.24) is 29.6 Å². The first kappa shape index (κ1) is 20.7. The molecule has 0 atom stereocenters. The highest BCUT2D eigenvalue weighted by molar-refractivity contribution is 5.94. The van der Waals surface area contributed by atoms with E-state index in [0.29, 0.717) is 36.3 Å². The lowest BCUT2D eigenvalue weighted by atomic mass is 10.3. The summed E-state index contributed by atoms with van der Waals surface area (Å²) in [7, 11) is 0. The summed E-state index contributed by atoms with van der Waals surface area (Å²) >= 11 is 0. The molecule has 2 aromatic heterocycles. The molecule has 2 amide bonds. The van der Waals surface area contributed by atoms with Crippen molar-refractivity contribution in [3.8, 4) is 5.69 Å². The van der Waals surface area contributed by atoms with Crippen LogP contribution in [-0.2, 0) is 11.3 Å². The lowest BCUT2D eigenvalue weighted by molar-refractivity contribution is -0.140. The van der Waals surface area contributed by atoms with Crippen molar-refractivity contribution in [2.75, 3.05) is 13.1 Å². The van der Waals surface area contributed by atoms with E-state index in [1.54, 1.807) is 31.2 Å². The van der Waals surface area contributed by atoms with Crippen molar-refractivity contribution in [2.45, 2.75) is 26.3 Å². The van der Waals surface area contributed by atoms with Crippen LogP contribution in [0.25, 0.3) is 16.8 Å². The van der Waals surface area contributed by atoms with Gasteiger partial charge in [-0.3, -0.25) is 19.2 Å². The smallest absolute Gasteiger partial charge is 0.408 e. The SMILES string of the molecule is Cc1nn(-c2ccccc2)nc1C(=O)N1CCCN1C(=O)CCn1c(=O)oc2ccccc21. The van der Waals surface area contributed by atoms with Crippen molar-refractivity contribution in [1.29, 1.82) is 0 Å². The maximum atomic E-state index is 13.2. The van der Waals surface area contributed by atoms with E-state index in [-0.39, 0.29) is 30.5 Å². The van der Waals surface area contributed by atoms with E-state index in [2.05, 4.69) is 10.2 Å². The fourth-order valence-electron chi connectivity index (χ4n) is 4.02. The van der Waals surface area contributed by atoms with Gasteiger partial charge in [0.1, 0.15) is 0 Å². The van der Waals surface area contributed by atoms with Gasteiger partial charge in [0.15, 0.2) is 11.3 Å². The molecule has 0 spiro atoms. The van der Waals surface area contributed by atoms with Gasteiger partial charge in [-0.05, 0) is 37.6 Å². The molecule has 168 valence electrons. The molecule has 10 nitrogen and oxygen atoms in total. The molecule has 0 radical (unpaired) electrons. The van der Waals surface area contributed by atoms with E-state index < -0.39 is 5.76 Å². The molecule has 4 aromatic rings. The fraction of sp³-hybridized carbons (Fsp3) is 0.261. The summed E-state index contributed by atoms with van der Waals surface area (Å²) in [6.45, 7) is 2.73. The van der Waals surface area contributed by atoms with E-state index >= 15 is 0 Å². The van der Waals surface area contributed by atoms with Gasteiger partial charge in [0.25, 0.3) is 5.91 Å². The van der Waals surface area contributed by atoms with E-state index in [1.807, 2.05) is 30.3 Å². The minimum atomic E-state index is -0.508. The third-order valence-corrected chi connectivity index (χ3v) is 5.65. The first-order valence-electron chi connectivity index (χ1n) is 10.7. The minimum absolute atomic E-state index is 0.0584. The maximum Gasteiger partial charge on any atom is 0.419 e. The highest BCUT2D eigenvalue weighted by Gasteiger charge is 2.33. The maximum absolute atomic E-state index is 13.2. The summed E-state index contributed by atoms with van der Waals surface area (Å²) < 4.78 is 6.66. The zero-order valence-corrected chi connectivity index (χ0v) is 18.0. The van der Waals surface area contributed by atoms with Crippen molar-refractivity contribution >= 4 is 22.9 Å². The van der Waals surface area contributed by atoms with Gasteiger partial charge in [-0.2, -0.15) is 9.90 Å². The molecule has 10 heteroatoms. The topological polar surface area (TPSA) is 106 Å². The number of nitrogens with zero attached hydrogens (tertiary/aromatic N) is 6. The molecular formula is C23H22N6O4. The predicted octanol–water partition coefficient (Wildman–Crippen LogP) is 2.16. The van der Waals surface area contributed by atoms with E-state index in [4.69, 9.17) is 4.42 Å². The van der Waals surface area contributed by atoms with Gasteiger partial charge in [-0.25, -0.2) is 9.80 Å². The second-order valence-electron chi connectivity index (χ2n) is 7.80. The Morgan fingerprint density at radius 1 is 0.970 bits per heavy atom. The average molecular weight is 446 g/mol. The molecule has 0 saturated carbocycles. The summed E-state index contributed by atoms with van der Waals surface area (Å²) in [6.07, 6.45) is 0.723. The monoisotopic (exact) mass is 446 g/mol. The number of aryl methyl sites for hydroxylation is 2. The third-order valence-electron chi connectivity index (χ3n) is 5.65. The van der Waals surface area contributed by atoms with Crippen LogP contribution in [0.15, 0.2) is 63.8 Å². The predicted molar refractivity (Wildman–Crippen MR) is 119 cm³/mol. The zero-order valence-electron chi connectivity index (χ0n) is 18.0. The van der Waals surface area contributed by atoms with Crippen LogP contribution >= 0.6 is 0 Å². The molecule has 0 unspecified atom stereocenters. The van der Waals surface area contributed by atoms with Crippen LogP contribution in [0.2, 0.25) is 0 Å². The standard InChI is InChI=1S/C23H22N6O4/c1-16-21(25-29(24-16)17-8-3-2-4-9-17)22(31)28-14-7-13-27(28)20(30)12-15-26-18-10-5-6-11-19(18)33-23(26)32/h2-6,8-11H,7,12-15H2,1H3. The Hall–Kier alpha value is -4.21. The fourth-order valence-corrected chi connectivity index (χ4v) is 4.02. The van der Waals surface area contributed by atoms with Crippen molar-refractivity contribution in [3.05, 3.63) is 76.5 Å². The second-order valence-corrected chi connectivity index (χ2v) is 7.80. The number of amides is 2. The van der Waals surface area contributed by atoms with Crippen LogP contribution in [-0.4, -0.2) is 54.5 Å². The number of benzene rings is 2. The molecule has 0 aliphatic carbocycles. The van der Waals surface area contributed by atoms with Gasteiger partial charge in [0.05, 0.1) is 16.9 Å². The summed E-state index contributed by atoms with van der Waals surface area (Å²) in [5.74, 6) is -1.12. The molecular weight excluding hydrogens is 424 g/mol. The quantitative estimate of drug-likeness (QED) is 0.465. The number of para-hydroxylation sites is 3. The van der Waals surface area contributed by atoms with Crippen LogP contribution in [0.5, 0.6) is 0 Å². The number of hydrogen-bond donors (Lipinski definition) is 0. The molecule has 1 fully saturated rings. The van der Waals surface area contributed by atoms with E-state index in [9.17, 15) is 14.4 Å². The number of oxazole rings is 1. The molecule has 2 aromatic carbocycles. The Labute approximate surface area is 188 Å². The average Bonchev–Trinajstić information content (AvgIpc) is 3.54. The summed E-state index contributed by atoms with van der Waals surface area (Å²) in [4.78, 5) is 39.8. The number of aromatic nitrogens is 4. The Morgan fingerprint density at radius 2 is 1.70 bits per heavy atom. The van der Waals surface area contributed by atoms with Gasteiger partial charge in [0, 0.05) is 26.1 Å². The number of rotatable bonds is 5. The normalized spacial score (nSPS) is 13.7. The van der Waals surface area contributed by atoms with Crippen molar-refractivity contribution in [3.63, 3.8) is 0 Å². The molecule has 3 heterocycles. The van der Waals surface area contributed by atoms with Crippen LogP contribution < -0.4 is 5.76 Å².